The molecular formula is C23H27N3O3. The highest BCUT2D eigenvalue weighted by molar-refractivity contribution is 6.10. The lowest BCUT2D eigenvalue weighted by molar-refractivity contribution is -0.133. The number of rotatable bonds is 7. The van der Waals surface area contributed by atoms with Crippen molar-refractivity contribution in [3.05, 3.63) is 65.7 Å². The number of anilines is 1. The van der Waals surface area contributed by atoms with E-state index in [0.29, 0.717) is 18.5 Å². The molecule has 1 saturated heterocycles. The Morgan fingerprint density at radius 2 is 1.72 bits per heavy atom. The minimum Gasteiger partial charge on any atom is -0.324 e. The van der Waals surface area contributed by atoms with Crippen molar-refractivity contribution in [1.29, 1.82) is 0 Å². The van der Waals surface area contributed by atoms with Crippen molar-refractivity contribution in [2.75, 3.05) is 11.9 Å². The number of imide groups is 1. The summed E-state index contributed by atoms with van der Waals surface area (Å²) in [6.45, 7) is 5.49. The molecule has 1 heterocycles. The van der Waals surface area contributed by atoms with E-state index in [1.807, 2.05) is 68.4 Å². The largest absolute Gasteiger partial charge is 0.325 e. The van der Waals surface area contributed by atoms with Crippen LogP contribution in [-0.4, -0.2) is 34.8 Å². The van der Waals surface area contributed by atoms with Gasteiger partial charge in [0.2, 0.25) is 5.91 Å². The summed E-state index contributed by atoms with van der Waals surface area (Å²) in [4.78, 5) is 38.8. The number of hydrogen-bond acceptors (Lipinski definition) is 3. The molecule has 0 saturated carbocycles. The normalized spacial score (nSPS) is 18.8. The summed E-state index contributed by atoms with van der Waals surface area (Å²) in [7, 11) is 0. The Morgan fingerprint density at radius 3 is 2.41 bits per heavy atom. The molecule has 0 aromatic heterocycles. The van der Waals surface area contributed by atoms with Crippen molar-refractivity contribution in [1.82, 2.24) is 10.2 Å². The second kappa shape index (κ2) is 8.47. The monoisotopic (exact) mass is 393 g/mol. The van der Waals surface area contributed by atoms with Crippen molar-refractivity contribution in [2.45, 2.75) is 45.1 Å². The number of aryl methyl sites for hydroxylation is 1. The van der Waals surface area contributed by atoms with Crippen molar-refractivity contribution in [3.63, 3.8) is 0 Å². The topological polar surface area (TPSA) is 78.5 Å². The highest BCUT2D eigenvalue weighted by atomic mass is 16.2. The lowest BCUT2D eigenvalue weighted by Crippen LogP contribution is -2.45. The van der Waals surface area contributed by atoms with Crippen LogP contribution < -0.4 is 10.6 Å². The molecule has 4 amide bonds. The minimum absolute atomic E-state index is 0.240. The number of carbonyl (C=O) groups is 3. The van der Waals surface area contributed by atoms with Crippen LogP contribution in [0.15, 0.2) is 54.6 Å². The van der Waals surface area contributed by atoms with Crippen LogP contribution in [0.2, 0.25) is 0 Å². The van der Waals surface area contributed by atoms with Gasteiger partial charge in [-0.15, -0.1) is 0 Å². The second-order valence-corrected chi connectivity index (χ2v) is 7.93. The molecule has 2 aromatic rings. The zero-order chi connectivity index (χ0) is 21.0. The fourth-order valence-electron chi connectivity index (χ4n) is 3.55. The highest BCUT2D eigenvalue weighted by Gasteiger charge is 2.47. The molecule has 2 N–H and O–H groups in total. The van der Waals surface area contributed by atoms with Gasteiger partial charge in [0.05, 0.1) is 0 Å². The third-order valence-corrected chi connectivity index (χ3v) is 5.26. The van der Waals surface area contributed by atoms with Gasteiger partial charge in [0.15, 0.2) is 0 Å². The molecule has 152 valence electrons. The lowest BCUT2D eigenvalue weighted by atomic mass is 9.93. The van der Waals surface area contributed by atoms with E-state index in [4.69, 9.17) is 0 Å². The Kier molecular flexibility index (Phi) is 6.01. The average molecular weight is 393 g/mol. The highest BCUT2D eigenvalue weighted by Crippen LogP contribution is 2.25. The Morgan fingerprint density at radius 1 is 1.07 bits per heavy atom. The van der Waals surface area contributed by atoms with Gasteiger partial charge in [-0.1, -0.05) is 62.4 Å². The number of amides is 4. The second-order valence-electron chi connectivity index (χ2n) is 7.93. The first-order valence-corrected chi connectivity index (χ1v) is 9.87. The average Bonchev–Trinajstić information content (AvgIpc) is 2.91. The molecule has 0 radical (unpaired) electrons. The molecule has 0 spiro atoms. The molecule has 2 aromatic carbocycles. The smallest absolute Gasteiger partial charge is 0.324 e. The third kappa shape index (κ3) is 4.65. The number of nitrogens with one attached hydrogen (secondary N) is 2. The molecule has 1 unspecified atom stereocenters. The van der Waals surface area contributed by atoms with E-state index in [-0.39, 0.29) is 18.4 Å². The Labute approximate surface area is 171 Å². The number of hydrogen-bond donors (Lipinski definition) is 2. The van der Waals surface area contributed by atoms with Gasteiger partial charge in [-0.25, -0.2) is 4.79 Å². The quantitative estimate of drug-likeness (QED) is 0.704. The number of carbonyl (C=O) groups excluding carboxylic acids is 3. The van der Waals surface area contributed by atoms with Gasteiger partial charge >= 0.3 is 6.03 Å². The SMILES string of the molecule is CC(C)c1ccccc1NC(=O)CN1C(=O)NC(C)(CCc2ccccc2)C1=O. The van der Waals surface area contributed by atoms with Crippen LogP contribution in [0, 0.1) is 0 Å². The molecule has 29 heavy (non-hydrogen) atoms. The molecule has 6 nitrogen and oxygen atoms in total. The predicted octanol–water partition coefficient (Wildman–Crippen LogP) is 3.69. The Hall–Kier alpha value is -3.15. The lowest BCUT2D eigenvalue weighted by Gasteiger charge is -2.21. The van der Waals surface area contributed by atoms with Gasteiger partial charge in [-0.3, -0.25) is 14.5 Å². The zero-order valence-corrected chi connectivity index (χ0v) is 17.1. The molecule has 1 aliphatic heterocycles. The van der Waals surface area contributed by atoms with Gasteiger partial charge in [-0.05, 0) is 42.9 Å². The number of nitrogens with zero attached hydrogens (tertiary/aromatic N) is 1. The first-order chi connectivity index (χ1) is 13.8. The Balaban J connectivity index is 1.64. The summed E-state index contributed by atoms with van der Waals surface area (Å²) in [6.07, 6.45) is 1.13. The van der Waals surface area contributed by atoms with E-state index in [1.165, 1.54) is 0 Å². The maximum absolute atomic E-state index is 12.9. The van der Waals surface area contributed by atoms with Crippen LogP contribution in [0.5, 0.6) is 0 Å². The van der Waals surface area contributed by atoms with Gasteiger partial charge in [0.1, 0.15) is 12.1 Å². The maximum atomic E-state index is 12.9. The molecule has 6 heteroatoms. The number of urea groups is 1. The standard InChI is InChI=1S/C23H27N3O3/c1-16(2)18-11-7-8-12-19(18)24-20(27)15-26-21(28)23(3,25-22(26)29)14-13-17-9-5-4-6-10-17/h4-12,16H,13-15H2,1-3H3,(H,24,27)(H,25,29). The van der Waals surface area contributed by atoms with E-state index in [2.05, 4.69) is 10.6 Å². The minimum atomic E-state index is -1.01. The van der Waals surface area contributed by atoms with Gasteiger partial charge in [0.25, 0.3) is 5.91 Å². The molecular weight excluding hydrogens is 366 g/mol. The van der Waals surface area contributed by atoms with E-state index in [1.54, 1.807) is 6.92 Å². The third-order valence-electron chi connectivity index (χ3n) is 5.26. The van der Waals surface area contributed by atoms with E-state index >= 15 is 0 Å². The van der Waals surface area contributed by atoms with Crippen molar-refractivity contribution in [3.8, 4) is 0 Å². The molecule has 1 aliphatic rings. The van der Waals surface area contributed by atoms with E-state index < -0.39 is 17.5 Å². The van der Waals surface area contributed by atoms with Crippen LogP contribution in [0.25, 0.3) is 0 Å². The summed E-state index contributed by atoms with van der Waals surface area (Å²) in [5.41, 5.74) is 1.79. The van der Waals surface area contributed by atoms with Crippen molar-refractivity contribution < 1.29 is 14.4 Å². The molecule has 1 atom stereocenters. The predicted molar refractivity (Wildman–Crippen MR) is 113 cm³/mol. The number of para-hydroxylation sites is 1. The van der Waals surface area contributed by atoms with Crippen LogP contribution in [0.1, 0.15) is 44.2 Å². The molecule has 0 aliphatic carbocycles. The van der Waals surface area contributed by atoms with E-state index in [9.17, 15) is 14.4 Å². The first kappa shape index (κ1) is 20.6. The summed E-state index contributed by atoms with van der Waals surface area (Å²) >= 11 is 0. The number of benzene rings is 2. The zero-order valence-electron chi connectivity index (χ0n) is 17.1. The van der Waals surface area contributed by atoms with Crippen LogP contribution in [0.3, 0.4) is 0 Å². The molecule has 3 rings (SSSR count). The van der Waals surface area contributed by atoms with Crippen molar-refractivity contribution in [2.24, 2.45) is 0 Å². The van der Waals surface area contributed by atoms with Gasteiger partial charge in [0, 0.05) is 5.69 Å². The van der Waals surface area contributed by atoms with Crippen LogP contribution >= 0.6 is 0 Å². The molecule has 0 bridgehead atoms. The first-order valence-electron chi connectivity index (χ1n) is 9.87. The maximum Gasteiger partial charge on any atom is 0.325 e. The van der Waals surface area contributed by atoms with Crippen LogP contribution in [0.4, 0.5) is 10.5 Å². The Bertz CT molecular complexity index is 911. The summed E-state index contributed by atoms with van der Waals surface area (Å²) < 4.78 is 0. The fourth-order valence-corrected chi connectivity index (χ4v) is 3.55. The molecule has 1 fully saturated rings. The van der Waals surface area contributed by atoms with Gasteiger partial charge in [-0.2, -0.15) is 0 Å². The van der Waals surface area contributed by atoms with Crippen LogP contribution in [-0.2, 0) is 16.0 Å². The summed E-state index contributed by atoms with van der Waals surface area (Å²) in [5, 5.41) is 5.59. The fraction of sp³-hybridized carbons (Fsp3) is 0.348. The van der Waals surface area contributed by atoms with Crippen molar-refractivity contribution >= 4 is 23.5 Å². The summed E-state index contributed by atoms with van der Waals surface area (Å²) in [6, 6.07) is 16.8. The summed E-state index contributed by atoms with van der Waals surface area (Å²) in [5.74, 6) is -0.524. The van der Waals surface area contributed by atoms with E-state index in [0.717, 1.165) is 16.0 Å². The van der Waals surface area contributed by atoms with Gasteiger partial charge < -0.3 is 10.6 Å².